The second kappa shape index (κ2) is 8.31. The first-order valence-corrected chi connectivity index (χ1v) is 11.4. The third-order valence-corrected chi connectivity index (χ3v) is 6.50. The smallest absolute Gasteiger partial charge is 0.265 e. The van der Waals surface area contributed by atoms with Gasteiger partial charge in [0.2, 0.25) is 0 Å². The van der Waals surface area contributed by atoms with Crippen LogP contribution in [0.25, 0.3) is 17.3 Å². The van der Waals surface area contributed by atoms with Gasteiger partial charge in [-0.25, -0.2) is 4.90 Å². The van der Waals surface area contributed by atoms with Crippen molar-refractivity contribution in [1.29, 1.82) is 0 Å². The number of benzene rings is 3. The van der Waals surface area contributed by atoms with Crippen LogP contribution in [0.1, 0.15) is 44.0 Å². The third kappa shape index (κ3) is 3.48. The topological polar surface area (TPSA) is 42.3 Å². The fraction of sp³-hybridized carbons (Fsp3) is 0.133. The first kappa shape index (κ1) is 21.7. The summed E-state index contributed by atoms with van der Waals surface area (Å²) < 4.78 is 2.21. The lowest BCUT2D eigenvalue weighted by molar-refractivity contribution is -0.112. The second-order valence-electron chi connectivity index (χ2n) is 8.83. The Bertz CT molecular complexity index is 1470. The predicted molar refractivity (Wildman–Crippen MR) is 137 cm³/mol. The van der Waals surface area contributed by atoms with Crippen molar-refractivity contribution < 1.29 is 9.59 Å². The number of aryl methyl sites for hydroxylation is 3. The largest absolute Gasteiger partial charge is 0.318 e. The van der Waals surface area contributed by atoms with Gasteiger partial charge in [0.25, 0.3) is 11.8 Å². The predicted octanol–water partition coefficient (Wildman–Crippen LogP) is 6.44. The molecule has 4 aromatic rings. The summed E-state index contributed by atoms with van der Waals surface area (Å²) in [6, 6.07) is 25.2. The molecule has 2 heterocycles. The van der Waals surface area contributed by atoms with Crippen LogP contribution in [0, 0.1) is 27.7 Å². The van der Waals surface area contributed by atoms with E-state index in [0.29, 0.717) is 22.4 Å². The minimum Gasteiger partial charge on any atom is -0.318 e. The highest BCUT2D eigenvalue weighted by Gasteiger charge is 2.35. The molecule has 2 amide bonds. The zero-order chi connectivity index (χ0) is 24.0. The molecule has 0 spiro atoms. The minimum atomic E-state index is -0.312. The van der Waals surface area contributed by atoms with Gasteiger partial charge in [0.05, 0.1) is 5.69 Å². The summed E-state index contributed by atoms with van der Waals surface area (Å²) >= 11 is 0. The highest BCUT2D eigenvalue weighted by atomic mass is 16.2. The van der Waals surface area contributed by atoms with Crippen LogP contribution in [-0.4, -0.2) is 16.4 Å². The van der Waals surface area contributed by atoms with Gasteiger partial charge in [0.15, 0.2) is 0 Å². The van der Waals surface area contributed by atoms with Gasteiger partial charge in [-0.3, -0.25) is 9.59 Å². The monoisotopic (exact) mass is 446 g/mol. The van der Waals surface area contributed by atoms with Crippen LogP contribution >= 0.6 is 0 Å². The number of para-hydroxylation sites is 1. The molecule has 0 aliphatic carbocycles. The first-order chi connectivity index (χ1) is 16.4. The van der Waals surface area contributed by atoms with E-state index in [0.717, 1.165) is 28.2 Å². The van der Waals surface area contributed by atoms with E-state index in [9.17, 15) is 9.59 Å². The molecule has 4 nitrogen and oxygen atoms in total. The Hall–Kier alpha value is -4.18. The molecule has 0 saturated carbocycles. The van der Waals surface area contributed by atoms with E-state index in [-0.39, 0.29) is 11.8 Å². The molecule has 4 heteroatoms. The normalized spacial score (nSPS) is 14.6. The van der Waals surface area contributed by atoms with E-state index in [4.69, 9.17) is 0 Å². The molecule has 34 heavy (non-hydrogen) atoms. The molecule has 1 aliphatic heterocycles. The maximum absolute atomic E-state index is 13.7. The van der Waals surface area contributed by atoms with Crippen LogP contribution in [0.2, 0.25) is 0 Å². The van der Waals surface area contributed by atoms with Crippen molar-refractivity contribution in [3.05, 3.63) is 118 Å². The molecule has 0 saturated heterocycles. The van der Waals surface area contributed by atoms with Gasteiger partial charge >= 0.3 is 0 Å². The summed E-state index contributed by atoms with van der Waals surface area (Å²) in [5.74, 6) is -0.611. The number of hydrogen-bond acceptors (Lipinski definition) is 2. The summed E-state index contributed by atoms with van der Waals surface area (Å²) in [4.78, 5) is 28.4. The summed E-state index contributed by atoms with van der Waals surface area (Å²) in [7, 11) is 0. The molecule has 0 atom stereocenters. The number of imide groups is 1. The van der Waals surface area contributed by atoms with Crippen molar-refractivity contribution in [2.24, 2.45) is 0 Å². The Balaban J connectivity index is 1.68. The molecule has 0 bridgehead atoms. The van der Waals surface area contributed by atoms with E-state index in [1.165, 1.54) is 10.5 Å². The van der Waals surface area contributed by atoms with Crippen LogP contribution < -0.4 is 4.90 Å². The molecule has 0 N–H and O–H groups in total. The van der Waals surface area contributed by atoms with Crippen molar-refractivity contribution in [1.82, 2.24) is 4.57 Å². The van der Waals surface area contributed by atoms with Gasteiger partial charge in [-0.15, -0.1) is 0 Å². The van der Waals surface area contributed by atoms with Gasteiger partial charge in [-0.2, -0.15) is 0 Å². The maximum Gasteiger partial charge on any atom is 0.265 e. The molecule has 1 aliphatic rings. The van der Waals surface area contributed by atoms with Crippen molar-refractivity contribution in [3.8, 4) is 5.69 Å². The first-order valence-electron chi connectivity index (χ1n) is 11.4. The molecule has 5 rings (SSSR count). The second-order valence-corrected chi connectivity index (χ2v) is 8.83. The van der Waals surface area contributed by atoms with Gasteiger partial charge in [0.1, 0.15) is 0 Å². The Kier molecular flexibility index (Phi) is 5.29. The van der Waals surface area contributed by atoms with Gasteiger partial charge < -0.3 is 4.57 Å². The van der Waals surface area contributed by atoms with E-state index in [1.807, 2.05) is 67.6 Å². The minimum absolute atomic E-state index is 0.299. The van der Waals surface area contributed by atoms with Crippen LogP contribution in [0.4, 0.5) is 5.69 Å². The van der Waals surface area contributed by atoms with E-state index < -0.39 is 0 Å². The van der Waals surface area contributed by atoms with Crippen LogP contribution in [0.3, 0.4) is 0 Å². The average molecular weight is 447 g/mol. The van der Waals surface area contributed by atoms with E-state index >= 15 is 0 Å². The van der Waals surface area contributed by atoms with Crippen LogP contribution in [0.15, 0.2) is 78.9 Å². The number of aromatic nitrogens is 1. The van der Waals surface area contributed by atoms with Crippen molar-refractivity contribution in [2.75, 3.05) is 4.90 Å². The quantitative estimate of drug-likeness (QED) is 0.268. The molecule has 0 radical (unpaired) electrons. The highest BCUT2D eigenvalue weighted by Crippen LogP contribution is 2.35. The Morgan fingerprint density at radius 2 is 1.35 bits per heavy atom. The number of carbonyl (C=O) groups excluding carboxylic acids is 2. The molecular weight excluding hydrogens is 420 g/mol. The Morgan fingerprint density at radius 3 is 2.06 bits per heavy atom. The summed E-state index contributed by atoms with van der Waals surface area (Å²) in [5, 5.41) is 0. The molecule has 0 unspecified atom stereocenters. The van der Waals surface area contributed by atoms with Crippen LogP contribution in [0.5, 0.6) is 0 Å². The lowest BCUT2D eigenvalue weighted by Crippen LogP contribution is -2.41. The molecule has 1 aromatic heterocycles. The fourth-order valence-corrected chi connectivity index (χ4v) is 4.69. The molecular formula is C30H26N2O2. The van der Waals surface area contributed by atoms with Gasteiger partial charge in [-0.05, 0) is 80.8 Å². The lowest BCUT2D eigenvalue weighted by atomic mass is 9.91. The van der Waals surface area contributed by atoms with Crippen molar-refractivity contribution >= 4 is 29.2 Å². The lowest BCUT2D eigenvalue weighted by Gasteiger charge is -2.28. The van der Waals surface area contributed by atoms with E-state index in [2.05, 4.69) is 43.5 Å². The zero-order valence-corrected chi connectivity index (χ0v) is 19.8. The number of fused-ring (bicyclic) bond motifs is 1. The summed E-state index contributed by atoms with van der Waals surface area (Å²) in [6.07, 6.45) is 1.92. The third-order valence-electron chi connectivity index (χ3n) is 6.50. The van der Waals surface area contributed by atoms with Crippen LogP contribution in [-0.2, 0) is 4.79 Å². The maximum atomic E-state index is 13.7. The number of anilines is 1. The Labute approximate surface area is 199 Å². The van der Waals surface area contributed by atoms with E-state index in [1.54, 1.807) is 6.07 Å². The number of hydrogen-bond donors (Lipinski definition) is 0. The number of amides is 2. The Morgan fingerprint density at radius 1 is 0.706 bits per heavy atom. The number of carbonyl (C=O) groups is 2. The summed E-state index contributed by atoms with van der Waals surface area (Å²) in [5.41, 5.74) is 8.74. The average Bonchev–Trinajstić information content (AvgIpc) is 3.11. The number of nitrogens with zero attached hydrogens (tertiary/aromatic N) is 2. The van der Waals surface area contributed by atoms with Crippen molar-refractivity contribution in [2.45, 2.75) is 27.7 Å². The molecule has 0 fully saturated rings. The van der Waals surface area contributed by atoms with Crippen molar-refractivity contribution in [3.63, 3.8) is 0 Å². The molecule has 3 aromatic carbocycles. The van der Waals surface area contributed by atoms with Gasteiger partial charge in [0, 0.05) is 28.2 Å². The van der Waals surface area contributed by atoms with Gasteiger partial charge in [-0.1, -0.05) is 54.1 Å². The SMILES string of the molecule is Cc1ccc(N2C(=O)/C(=C\c3cc(C)n(-c4ccccc4C)c3C)c3ccccc3C2=O)cc1. The zero-order valence-electron chi connectivity index (χ0n) is 19.8. The fourth-order valence-electron chi connectivity index (χ4n) is 4.69. The molecule has 168 valence electrons. The number of rotatable bonds is 3. The summed E-state index contributed by atoms with van der Waals surface area (Å²) in [6.45, 7) is 8.21. The standard InChI is InChI=1S/C30H26N2O2/c1-19-13-15-24(16-14-19)32-29(33)26-11-7-6-10-25(26)27(30(32)34)18-23-17-21(3)31(22(23)4)28-12-8-5-9-20(28)2/h5-18H,1-4H3/b27-18-. The highest BCUT2D eigenvalue weighted by molar-refractivity contribution is 6.43.